The molecule has 3 rings (SSSR count). The fourth-order valence-corrected chi connectivity index (χ4v) is 3.94. The highest BCUT2D eigenvalue weighted by molar-refractivity contribution is 5.96. The summed E-state index contributed by atoms with van der Waals surface area (Å²) in [5.74, 6) is -0.663. The second-order valence-electron chi connectivity index (χ2n) is 7.67. The molecule has 0 radical (unpaired) electrons. The zero-order chi connectivity index (χ0) is 22.5. The summed E-state index contributed by atoms with van der Waals surface area (Å²) < 4.78 is 10.5. The van der Waals surface area contributed by atoms with Gasteiger partial charge in [0.1, 0.15) is 6.61 Å². The number of benzene rings is 2. The number of alkyl carbamates (subject to hydrolysis) is 1. The monoisotopic (exact) mass is 424 g/mol. The fraction of sp³-hybridized carbons (Fsp3) is 0.375. The second kappa shape index (κ2) is 9.64. The van der Waals surface area contributed by atoms with Gasteiger partial charge in [0, 0.05) is 24.6 Å². The summed E-state index contributed by atoms with van der Waals surface area (Å²) in [7, 11) is 0. The van der Waals surface area contributed by atoms with Crippen LogP contribution in [-0.4, -0.2) is 30.6 Å². The number of esters is 1. The minimum absolute atomic E-state index is 0.102. The third-order valence-corrected chi connectivity index (χ3v) is 5.65. The van der Waals surface area contributed by atoms with Crippen LogP contribution in [0.25, 0.3) is 0 Å². The third-order valence-electron chi connectivity index (χ3n) is 5.65. The molecule has 164 valence electrons. The number of rotatable bonds is 5. The van der Waals surface area contributed by atoms with E-state index in [0.717, 1.165) is 5.56 Å². The van der Waals surface area contributed by atoms with Crippen LogP contribution in [0.4, 0.5) is 10.5 Å². The molecular weight excluding hydrogens is 396 g/mol. The summed E-state index contributed by atoms with van der Waals surface area (Å²) >= 11 is 0. The van der Waals surface area contributed by atoms with Crippen LogP contribution >= 0.6 is 0 Å². The van der Waals surface area contributed by atoms with Crippen molar-refractivity contribution in [2.24, 2.45) is 5.92 Å². The first-order valence-corrected chi connectivity index (χ1v) is 10.4. The molecule has 1 aliphatic rings. The lowest BCUT2D eigenvalue weighted by Crippen LogP contribution is -2.50. The average molecular weight is 424 g/mol. The molecule has 0 saturated carbocycles. The number of fused-ring (bicyclic) bond motifs is 1. The normalized spacial score (nSPS) is 19.9. The molecule has 1 heterocycles. The molecule has 0 aromatic heterocycles. The van der Waals surface area contributed by atoms with Gasteiger partial charge in [-0.2, -0.15) is 0 Å². The van der Waals surface area contributed by atoms with Crippen molar-refractivity contribution in [1.82, 2.24) is 5.32 Å². The topological polar surface area (TPSA) is 84.9 Å². The van der Waals surface area contributed by atoms with Gasteiger partial charge < -0.3 is 19.7 Å². The molecule has 0 bridgehead atoms. The molecule has 3 atom stereocenters. The number of hydrogen-bond donors (Lipinski definition) is 1. The number of nitrogens with one attached hydrogen (secondary N) is 1. The predicted octanol–water partition coefficient (Wildman–Crippen LogP) is 4.22. The maximum Gasteiger partial charge on any atom is 0.407 e. The summed E-state index contributed by atoms with van der Waals surface area (Å²) in [4.78, 5) is 38.9. The molecule has 0 aliphatic carbocycles. The number of ether oxygens (including phenoxy) is 2. The highest BCUT2D eigenvalue weighted by Gasteiger charge is 2.39. The summed E-state index contributed by atoms with van der Waals surface area (Å²) in [6, 6.07) is 13.9. The molecule has 2 aromatic rings. The SMILES string of the molecule is CCOC(=O)c1ccc2c(c1)C(NC(=O)OCc1ccccc1)C(C)C(C)N2C(C)=O. The maximum atomic E-state index is 12.6. The van der Waals surface area contributed by atoms with E-state index in [1.807, 2.05) is 44.2 Å². The van der Waals surface area contributed by atoms with Gasteiger partial charge in [0.25, 0.3) is 0 Å². The van der Waals surface area contributed by atoms with Crippen LogP contribution in [0.3, 0.4) is 0 Å². The van der Waals surface area contributed by atoms with Gasteiger partial charge in [-0.3, -0.25) is 4.79 Å². The number of amides is 2. The van der Waals surface area contributed by atoms with Gasteiger partial charge >= 0.3 is 12.1 Å². The Hall–Kier alpha value is -3.35. The quantitative estimate of drug-likeness (QED) is 0.727. The van der Waals surface area contributed by atoms with E-state index in [0.29, 0.717) is 16.8 Å². The molecule has 1 aliphatic heterocycles. The molecule has 31 heavy (non-hydrogen) atoms. The van der Waals surface area contributed by atoms with Gasteiger partial charge in [0.05, 0.1) is 18.2 Å². The molecule has 7 heteroatoms. The van der Waals surface area contributed by atoms with Crippen molar-refractivity contribution in [3.63, 3.8) is 0 Å². The minimum atomic E-state index is -0.559. The lowest BCUT2D eigenvalue weighted by molar-refractivity contribution is -0.117. The zero-order valence-corrected chi connectivity index (χ0v) is 18.3. The van der Waals surface area contributed by atoms with Crippen molar-refractivity contribution in [3.05, 3.63) is 65.2 Å². The van der Waals surface area contributed by atoms with Gasteiger partial charge in [-0.25, -0.2) is 9.59 Å². The lowest BCUT2D eigenvalue weighted by Gasteiger charge is -2.43. The highest BCUT2D eigenvalue weighted by atomic mass is 16.5. The highest BCUT2D eigenvalue weighted by Crippen LogP contribution is 2.41. The third kappa shape index (κ3) is 4.87. The minimum Gasteiger partial charge on any atom is -0.462 e. The van der Waals surface area contributed by atoms with Crippen LogP contribution < -0.4 is 10.2 Å². The zero-order valence-electron chi connectivity index (χ0n) is 18.3. The Labute approximate surface area is 182 Å². The molecule has 0 spiro atoms. The van der Waals surface area contributed by atoms with Gasteiger partial charge in [-0.05, 0) is 43.2 Å². The van der Waals surface area contributed by atoms with Gasteiger partial charge in [0.15, 0.2) is 0 Å². The van der Waals surface area contributed by atoms with Crippen molar-refractivity contribution < 1.29 is 23.9 Å². The van der Waals surface area contributed by atoms with Crippen LogP contribution in [-0.2, 0) is 20.9 Å². The number of hydrogen-bond acceptors (Lipinski definition) is 5. The molecule has 1 N–H and O–H groups in total. The van der Waals surface area contributed by atoms with Crippen LogP contribution in [0.5, 0.6) is 0 Å². The van der Waals surface area contributed by atoms with Crippen molar-refractivity contribution in [2.75, 3.05) is 11.5 Å². The first kappa shape index (κ1) is 22.3. The molecular formula is C24H28N2O5. The summed E-state index contributed by atoms with van der Waals surface area (Å²) in [5, 5.41) is 2.93. The number of carbonyl (C=O) groups excluding carboxylic acids is 3. The Balaban J connectivity index is 1.89. The first-order valence-electron chi connectivity index (χ1n) is 10.4. The van der Waals surface area contributed by atoms with Crippen molar-refractivity contribution in [1.29, 1.82) is 0 Å². The van der Waals surface area contributed by atoms with Crippen LogP contribution in [0.2, 0.25) is 0 Å². The van der Waals surface area contributed by atoms with E-state index in [2.05, 4.69) is 5.32 Å². The van der Waals surface area contributed by atoms with Gasteiger partial charge in [-0.1, -0.05) is 37.3 Å². The van der Waals surface area contributed by atoms with Crippen LogP contribution in [0.15, 0.2) is 48.5 Å². The number of anilines is 1. The summed E-state index contributed by atoms with van der Waals surface area (Å²) in [6.07, 6.45) is -0.559. The van der Waals surface area contributed by atoms with Crippen molar-refractivity contribution in [2.45, 2.75) is 46.4 Å². The summed E-state index contributed by atoms with van der Waals surface area (Å²) in [6.45, 7) is 7.56. The lowest BCUT2D eigenvalue weighted by atomic mass is 9.82. The van der Waals surface area contributed by atoms with Gasteiger partial charge in [0.2, 0.25) is 5.91 Å². The van der Waals surface area contributed by atoms with Gasteiger partial charge in [-0.15, -0.1) is 0 Å². The first-order chi connectivity index (χ1) is 14.8. The Bertz CT molecular complexity index is 960. The van der Waals surface area contributed by atoms with E-state index < -0.39 is 18.1 Å². The summed E-state index contributed by atoms with van der Waals surface area (Å²) in [5.41, 5.74) is 2.60. The van der Waals surface area contributed by atoms with E-state index in [-0.39, 0.29) is 31.1 Å². The van der Waals surface area contributed by atoms with E-state index in [4.69, 9.17) is 9.47 Å². The standard InChI is InChI=1S/C24H28N2O5/c1-5-30-23(28)19-11-12-21-20(13-19)22(15(2)16(3)26(21)17(4)27)25-24(29)31-14-18-9-7-6-8-10-18/h6-13,15-16,22H,5,14H2,1-4H3,(H,25,29). The Kier molecular flexibility index (Phi) is 6.95. The predicted molar refractivity (Wildman–Crippen MR) is 117 cm³/mol. The fourth-order valence-electron chi connectivity index (χ4n) is 3.94. The molecule has 0 saturated heterocycles. The van der Waals surface area contributed by atoms with Crippen molar-refractivity contribution >= 4 is 23.7 Å². The molecule has 0 fully saturated rings. The maximum absolute atomic E-state index is 12.6. The largest absolute Gasteiger partial charge is 0.462 e. The van der Waals surface area contributed by atoms with E-state index in [9.17, 15) is 14.4 Å². The average Bonchev–Trinajstić information content (AvgIpc) is 2.76. The molecule has 2 amide bonds. The van der Waals surface area contributed by atoms with Crippen molar-refractivity contribution in [3.8, 4) is 0 Å². The molecule has 2 aromatic carbocycles. The van der Waals surface area contributed by atoms with E-state index >= 15 is 0 Å². The molecule has 7 nitrogen and oxygen atoms in total. The number of carbonyl (C=O) groups is 3. The van der Waals surface area contributed by atoms with E-state index in [1.165, 1.54) is 6.92 Å². The molecule has 3 unspecified atom stereocenters. The second-order valence-corrected chi connectivity index (χ2v) is 7.67. The Morgan fingerprint density at radius 2 is 1.74 bits per heavy atom. The van der Waals surface area contributed by atoms with E-state index in [1.54, 1.807) is 30.0 Å². The smallest absolute Gasteiger partial charge is 0.407 e. The Morgan fingerprint density at radius 3 is 2.39 bits per heavy atom. The van der Waals surface area contributed by atoms with Crippen LogP contribution in [0.1, 0.15) is 55.2 Å². The van der Waals surface area contributed by atoms with Crippen LogP contribution in [0, 0.1) is 5.92 Å². The number of nitrogens with zero attached hydrogens (tertiary/aromatic N) is 1. The Morgan fingerprint density at radius 1 is 1.03 bits per heavy atom.